The van der Waals surface area contributed by atoms with Crippen molar-refractivity contribution in [1.82, 2.24) is 24.7 Å². The van der Waals surface area contributed by atoms with Crippen LogP contribution in [0.4, 0.5) is 5.82 Å². The van der Waals surface area contributed by atoms with Gasteiger partial charge >= 0.3 is 0 Å². The Hall–Kier alpha value is -3.26. The Balaban J connectivity index is 1.16. The van der Waals surface area contributed by atoms with Crippen LogP contribution in [0.5, 0.6) is 0 Å². The van der Waals surface area contributed by atoms with E-state index in [1.165, 1.54) is 5.56 Å². The fourth-order valence-corrected chi connectivity index (χ4v) is 4.70. The van der Waals surface area contributed by atoms with Gasteiger partial charge in [-0.05, 0) is 54.3 Å². The number of hydrogen-bond acceptors (Lipinski definition) is 6. The molecule has 1 aliphatic rings. The van der Waals surface area contributed by atoms with Crippen molar-refractivity contribution in [3.8, 4) is 11.4 Å². The van der Waals surface area contributed by atoms with Gasteiger partial charge in [0.2, 0.25) is 5.91 Å². The highest BCUT2D eigenvalue weighted by molar-refractivity contribution is 7.08. The Bertz CT molecular complexity index is 1150. The molecule has 0 atom stereocenters. The Morgan fingerprint density at radius 3 is 2.68 bits per heavy atom. The van der Waals surface area contributed by atoms with Crippen LogP contribution in [-0.4, -0.2) is 50.3 Å². The zero-order valence-corrected chi connectivity index (χ0v) is 18.0. The summed E-state index contributed by atoms with van der Waals surface area (Å²) in [6.07, 6.45) is 3.20. The molecule has 0 spiro atoms. The number of carbonyl (C=O) groups is 1. The molecule has 1 amide bonds. The number of rotatable bonds is 6. The normalized spacial score (nSPS) is 14.8. The van der Waals surface area contributed by atoms with Gasteiger partial charge in [0.1, 0.15) is 5.82 Å². The number of fused-ring (bicyclic) bond motifs is 1. The van der Waals surface area contributed by atoms with Crippen LogP contribution >= 0.6 is 11.3 Å². The van der Waals surface area contributed by atoms with E-state index in [1.54, 1.807) is 15.9 Å². The van der Waals surface area contributed by atoms with E-state index in [9.17, 15) is 4.79 Å². The van der Waals surface area contributed by atoms with E-state index in [2.05, 4.69) is 50.9 Å². The monoisotopic (exact) mass is 432 g/mol. The molecule has 158 valence electrons. The lowest BCUT2D eigenvalue weighted by atomic mass is 9.90. The summed E-state index contributed by atoms with van der Waals surface area (Å²) >= 11 is 1.61. The summed E-state index contributed by atoms with van der Waals surface area (Å²) in [6, 6.07) is 16.3. The van der Waals surface area contributed by atoms with Gasteiger partial charge in [0.05, 0.1) is 6.54 Å². The van der Waals surface area contributed by atoms with E-state index in [0.717, 1.165) is 37.9 Å². The van der Waals surface area contributed by atoms with E-state index in [0.29, 0.717) is 23.2 Å². The van der Waals surface area contributed by atoms with Crippen LogP contribution in [0.3, 0.4) is 0 Å². The van der Waals surface area contributed by atoms with Crippen molar-refractivity contribution >= 4 is 28.7 Å². The summed E-state index contributed by atoms with van der Waals surface area (Å²) < 4.78 is 1.71. The van der Waals surface area contributed by atoms with Gasteiger partial charge in [-0.3, -0.25) is 4.79 Å². The van der Waals surface area contributed by atoms with E-state index in [1.807, 2.05) is 33.9 Å². The number of amides is 1. The third kappa shape index (κ3) is 4.44. The number of hydrogen-bond donors (Lipinski definition) is 1. The molecular weight excluding hydrogens is 408 g/mol. The van der Waals surface area contributed by atoms with Crippen LogP contribution in [0, 0.1) is 5.92 Å². The molecule has 1 saturated heterocycles. The zero-order valence-electron chi connectivity index (χ0n) is 17.1. The number of benzene rings is 1. The predicted molar refractivity (Wildman–Crippen MR) is 122 cm³/mol. The Labute approximate surface area is 184 Å². The third-order valence-electron chi connectivity index (χ3n) is 5.80. The highest BCUT2D eigenvalue weighted by atomic mass is 32.1. The number of anilines is 1. The second kappa shape index (κ2) is 8.85. The summed E-state index contributed by atoms with van der Waals surface area (Å²) in [5, 5.41) is 20.2. The molecule has 31 heavy (non-hydrogen) atoms. The standard InChI is InChI=1S/C23H24N6OS/c30-22(28-11-8-18(9-12-28)14-17-4-2-1-3-5-17)15-24-20-6-7-21-25-26-23(29(21)27-20)19-10-13-31-16-19/h1-7,10,13,16,18H,8-9,11-12,14-15H2,(H,24,27). The molecule has 1 N–H and O–H groups in total. The molecule has 4 aromatic rings. The Morgan fingerprint density at radius 1 is 1.06 bits per heavy atom. The molecule has 8 heteroatoms. The number of nitrogens with one attached hydrogen (secondary N) is 1. The molecule has 1 fully saturated rings. The van der Waals surface area contributed by atoms with Gasteiger partial charge in [-0.15, -0.1) is 15.3 Å². The summed E-state index contributed by atoms with van der Waals surface area (Å²) in [7, 11) is 0. The number of aromatic nitrogens is 4. The molecule has 3 aromatic heterocycles. The second-order valence-corrected chi connectivity index (χ2v) is 8.67. The van der Waals surface area contributed by atoms with Gasteiger partial charge in [0.15, 0.2) is 11.5 Å². The molecule has 0 radical (unpaired) electrons. The SMILES string of the molecule is O=C(CNc1ccc2nnc(-c3ccsc3)n2n1)N1CCC(Cc2ccccc2)CC1. The molecule has 4 heterocycles. The maximum Gasteiger partial charge on any atom is 0.241 e. The van der Waals surface area contributed by atoms with Crippen LogP contribution < -0.4 is 5.32 Å². The molecule has 7 nitrogen and oxygen atoms in total. The average Bonchev–Trinajstić information content (AvgIpc) is 3.48. The van der Waals surface area contributed by atoms with Crippen molar-refractivity contribution in [3.05, 3.63) is 64.9 Å². The lowest BCUT2D eigenvalue weighted by Gasteiger charge is -2.32. The number of piperidine rings is 1. The first-order valence-electron chi connectivity index (χ1n) is 10.6. The maximum atomic E-state index is 12.7. The summed E-state index contributed by atoms with van der Waals surface area (Å²) in [6.45, 7) is 1.87. The molecule has 0 saturated carbocycles. The second-order valence-electron chi connectivity index (χ2n) is 7.89. The first-order valence-corrected chi connectivity index (χ1v) is 11.5. The van der Waals surface area contributed by atoms with Crippen LogP contribution in [-0.2, 0) is 11.2 Å². The first-order chi connectivity index (χ1) is 15.3. The highest BCUT2D eigenvalue weighted by Gasteiger charge is 2.23. The predicted octanol–water partition coefficient (Wildman–Crippen LogP) is 3.75. The fraction of sp³-hybridized carbons (Fsp3) is 0.304. The van der Waals surface area contributed by atoms with Crippen LogP contribution in [0.2, 0.25) is 0 Å². The molecular formula is C23H24N6OS. The van der Waals surface area contributed by atoms with E-state index >= 15 is 0 Å². The Kier molecular flexibility index (Phi) is 5.62. The molecule has 1 aliphatic heterocycles. The smallest absolute Gasteiger partial charge is 0.241 e. The fourth-order valence-electron chi connectivity index (χ4n) is 4.07. The quantitative estimate of drug-likeness (QED) is 0.502. The summed E-state index contributed by atoms with van der Waals surface area (Å²) in [5.41, 5.74) is 3.04. The summed E-state index contributed by atoms with van der Waals surface area (Å²) in [4.78, 5) is 14.7. The van der Waals surface area contributed by atoms with Crippen molar-refractivity contribution in [2.24, 2.45) is 5.92 Å². The van der Waals surface area contributed by atoms with Crippen molar-refractivity contribution in [3.63, 3.8) is 0 Å². The van der Waals surface area contributed by atoms with Crippen molar-refractivity contribution < 1.29 is 4.79 Å². The minimum Gasteiger partial charge on any atom is -0.360 e. The van der Waals surface area contributed by atoms with Gasteiger partial charge < -0.3 is 10.2 Å². The Morgan fingerprint density at radius 2 is 1.90 bits per heavy atom. The molecule has 1 aromatic carbocycles. The minimum absolute atomic E-state index is 0.113. The minimum atomic E-state index is 0.113. The van der Waals surface area contributed by atoms with E-state index < -0.39 is 0 Å². The van der Waals surface area contributed by atoms with E-state index in [4.69, 9.17) is 0 Å². The topological polar surface area (TPSA) is 75.4 Å². The molecule has 0 bridgehead atoms. The number of thiophene rings is 1. The highest BCUT2D eigenvalue weighted by Crippen LogP contribution is 2.22. The zero-order chi connectivity index (χ0) is 21.0. The number of nitrogens with zero attached hydrogens (tertiary/aromatic N) is 5. The van der Waals surface area contributed by atoms with Gasteiger partial charge in [-0.1, -0.05) is 30.3 Å². The number of likely N-dealkylation sites (tertiary alicyclic amines) is 1. The van der Waals surface area contributed by atoms with E-state index in [-0.39, 0.29) is 12.5 Å². The number of carbonyl (C=O) groups excluding carboxylic acids is 1. The lowest BCUT2D eigenvalue weighted by molar-refractivity contribution is -0.130. The summed E-state index contributed by atoms with van der Waals surface area (Å²) in [5.74, 6) is 2.09. The van der Waals surface area contributed by atoms with Crippen molar-refractivity contribution in [2.75, 3.05) is 25.0 Å². The molecule has 0 unspecified atom stereocenters. The van der Waals surface area contributed by atoms with Gasteiger partial charge in [-0.25, -0.2) is 0 Å². The van der Waals surface area contributed by atoms with Crippen molar-refractivity contribution in [2.45, 2.75) is 19.3 Å². The maximum absolute atomic E-state index is 12.7. The lowest BCUT2D eigenvalue weighted by Crippen LogP contribution is -2.41. The van der Waals surface area contributed by atoms with Gasteiger partial charge in [0.25, 0.3) is 0 Å². The molecule has 0 aliphatic carbocycles. The van der Waals surface area contributed by atoms with Crippen LogP contribution in [0.1, 0.15) is 18.4 Å². The first kappa shape index (κ1) is 19.7. The molecule has 5 rings (SSSR count). The van der Waals surface area contributed by atoms with Gasteiger partial charge in [-0.2, -0.15) is 15.9 Å². The largest absolute Gasteiger partial charge is 0.360 e. The van der Waals surface area contributed by atoms with Gasteiger partial charge in [0, 0.05) is 24.0 Å². The average molecular weight is 433 g/mol. The third-order valence-corrected chi connectivity index (χ3v) is 6.48. The van der Waals surface area contributed by atoms with Crippen LogP contribution in [0.15, 0.2) is 59.3 Å². The van der Waals surface area contributed by atoms with Crippen LogP contribution in [0.25, 0.3) is 17.0 Å². The van der Waals surface area contributed by atoms with Crippen molar-refractivity contribution in [1.29, 1.82) is 0 Å².